The minimum atomic E-state index is -4.54. The molecule has 2 aromatic carbocycles. The minimum absolute atomic E-state index is 0.0114. The van der Waals surface area contributed by atoms with Gasteiger partial charge in [-0.2, -0.15) is 23.3 Å². The number of anilines is 1. The summed E-state index contributed by atoms with van der Waals surface area (Å²) < 4.78 is 49.6. The molecule has 33 heavy (non-hydrogen) atoms. The SMILES string of the molecule is COC(=O)c1cccc(-c2ccc(/C=C3\C(=O)N(c4cccc(C(F)(F)F)c4)N=C3C)o2)c1. The van der Waals surface area contributed by atoms with Crippen LogP contribution in [0.1, 0.15) is 28.6 Å². The molecule has 1 aromatic heterocycles. The second-order valence-electron chi connectivity index (χ2n) is 7.18. The van der Waals surface area contributed by atoms with Crippen LogP contribution in [-0.2, 0) is 15.7 Å². The molecule has 0 N–H and O–H groups in total. The van der Waals surface area contributed by atoms with E-state index < -0.39 is 23.6 Å². The lowest BCUT2D eigenvalue weighted by Gasteiger charge is -2.14. The summed E-state index contributed by atoms with van der Waals surface area (Å²) >= 11 is 0. The van der Waals surface area contributed by atoms with Crippen molar-refractivity contribution >= 4 is 29.4 Å². The normalized spacial score (nSPS) is 15.2. The van der Waals surface area contributed by atoms with E-state index in [2.05, 4.69) is 5.10 Å². The number of furan rings is 1. The number of ether oxygens (including phenoxy) is 1. The van der Waals surface area contributed by atoms with Gasteiger partial charge in [0, 0.05) is 5.56 Å². The van der Waals surface area contributed by atoms with E-state index in [-0.39, 0.29) is 11.3 Å². The van der Waals surface area contributed by atoms with Crippen molar-refractivity contribution in [2.75, 3.05) is 12.1 Å². The zero-order valence-corrected chi connectivity index (χ0v) is 17.5. The Kier molecular flexibility index (Phi) is 5.63. The number of carbonyl (C=O) groups excluding carboxylic acids is 2. The third-order valence-electron chi connectivity index (χ3n) is 4.96. The Hall–Kier alpha value is -4.14. The number of amides is 1. The number of benzene rings is 2. The van der Waals surface area contributed by atoms with Gasteiger partial charge in [-0.25, -0.2) is 4.79 Å². The zero-order chi connectivity index (χ0) is 23.8. The lowest BCUT2D eigenvalue weighted by Crippen LogP contribution is -2.21. The first-order valence-electron chi connectivity index (χ1n) is 9.75. The van der Waals surface area contributed by atoms with Crippen LogP contribution in [0, 0.1) is 0 Å². The van der Waals surface area contributed by atoms with Crippen LogP contribution in [0.25, 0.3) is 17.4 Å². The van der Waals surface area contributed by atoms with Crippen LogP contribution in [0.2, 0.25) is 0 Å². The molecule has 3 aromatic rings. The number of rotatable bonds is 4. The smallest absolute Gasteiger partial charge is 0.416 e. The zero-order valence-electron chi connectivity index (χ0n) is 17.5. The number of halogens is 3. The molecule has 2 heterocycles. The molecule has 0 saturated carbocycles. The largest absolute Gasteiger partial charge is 0.465 e. The number of methoxy groups -OCH3 is 1. The first-order chi connectivity index (χ1) is 15.7. The summed E-state index contributed by atoms with van der Waals surface area (Å²) in [5.74, 6) is -0.249. The van der Waals surface area contributed by atoms with E-state index in [9.17, 15) is 22.8 Å². The van der Waals surface area contributed by atoms with Gasteiger partial charge in [-0.3, -0.25) is 4.79 Å². The average molecular weight is 454 g/mol. The van der Waals surface area contributed by atoms with Crippen molar-refractivity contribution in [3.8, 4) is 11.3 Å². The topological polar surface area (TPSA) is 72.1 Å². The second-order valence-corrected chi connectivity index (χ2v) is 7.18. The molecule has 0 atom stereocenters. The fourth-order valence-electron chi connectivity index (χ4n) is 3.32. The molecule has 1 amide bonds. The maximum Gasteiger partial charge on any atom is 0.416 e. The van der Waals surface area contributed by atoms with Gasteiger partial charge in [-0.1, -0.05) is 18.2 Å². The van der Waals surface area contributed by atoms with E-state index >= 15 is 0 Å². The molecule has 6 nitrogen and oxygen atoms in total. The van der Waals surface area contributed by atoms with Gasteiger partial charge in [0.15, 0.2) is 0 Å². The third-order valence-corrected chi connectivity index (χ3v) is 4.96. The molecular formula is C24H17F3N2O4. The van der Waals surface area contributed by atoms with E-state index in [0.29, 0.717) is 28.4 Å². The highest BCUT2D eigenvalue weighted by Gasteiger charge is 2.33. The highest BCUT2D eigenvalue weighted by atomic mass is 19.4. The molecule has 0 radical (unpaired) electrons. The number of carbonyl (C=O) groups is 2. The van der Waals surface area contributed by atoms with E-state index in [1.54, 1.807) is 43.3 Å². The maximum atomic E-state index is 13.0. The molecule has 1 aliphatic rings. The Morgan fingerprint density at radius 2 is 1.85 bits per heavy atom. The monoisotopic (exact) mass is 454 g/mol. The Balaban J connectivity index is 1.60. The van der Waals surface area contributed by atoms with Crippen LogP contribution >= 0.6 is 0 Å². The third kappa shape index (κ3) is 4.43. The maximum absolute atomic E-state index is 13.0. The molecule has 0 saturated heterocycles. The van der Waals surface area contributed by atoms with Crippen molar-refractivity contribution in [3.05, 3.63) is 83.1 Å². The number of hydrogen-bond donors (Lipinski definition) is 0. The summed E-state index contributed by atoms with van der Waals surface area (Å²) in [6.07, 6.45) is -3.06. The van der Waals surface area contributed by atoms with E-state index in [0.717, 1.165) is 17.1 Å². The van der Waals surface area contributed by atoms with Crippen LogP contribution in [0.4, 0.5) is 18.9 Å². The lowest BCUT2D eigenvalue weighted by molar-refractivity contribution is -0.137. The summed E-state index contributed by atoms with van der Waals surface area (Å²) in [6.45, 7) is 1.58. The summed E-state index contributed by atoms with van der Waals surface area (Å²) in [5.41, 5.74) is 0.660. The van der Waals surface area contributed by atoms with Crippen molar-refractivity contribution in [1.82, 2.24) is 0 Å². The van der Waals surface area contributed by atoms with Crippen molar-refractivity contribution < 1.29 is 31.9 Å². The Labute approximate surface area is 186 Å². The molecule has 0 spiro atoms. The van der Waals surface area contributed by atoms with E-state index in [1.807, 2.05) is 0 Å². The molecule has 4 rings (SSSR count). The van der Waals surface area contributed by atoms with E-state index in [1.165, 1.54) is 25.3 Å². The number of nitrogens with zero attached hydrogens (tertiary/aromatic N) is 2. The molecule has 1 aliphatic heterocycles. The first kappa shape index (κ1) is 22.1. The van der Waals surface area contributed by atoms with Crippen LogP contribution in [0.15, 0.2) is 75.8 Å². The fourth-order valence-corrected chi connectivity index (χ4v) is 3.32. The second kappa shape index (κ2) is 8.42. The highest BCUT2D eigenvalue weighted by molar-refractivity contribution is 6.32. The van der Waals surface area contributed by atoms with E-state index in [4.69, 9.17) is 9.15 Å². The van der Waals surface area contributed by atoms with Crippen molar-refractivity contribution in [3.63, 3.8) is 0 Å². The van der Waals surface area contributed by atoms with Gasteiger partial charge >= 0.3 is 12.1 Å². The highest BCUT2D eigenvalue weighted by Crippen LogP contribution is 2.33. The minimum Gasteiger partial charge on any atom is -0.465 e. The van der Waals surface area contributed by atoms with Crippen molar-refractivity contribution in [1.29, 1.82) is 0 Å². The fraction of sp³-hybridized carbons (Fsp3) is 0.125. The van der Waals surface area contributed by atoms with Crippen molar-refractivity contribution in [2.45, 2.75) is 13.1 Å². The summed E-state index contributed by atoms with van der Waals surface area (Å²) in [5, 5.41) is 5.05. The molecular weight excluding hydrogens is 437 g/mol. The van der Waals surface area contributed by atoms with Crippen molar-refractivity contribution in [2.24, 2.45) is 5.10 Å². The lowest BCUT2D eigenvalue weighted by atomic mass is 10.1. The molecule has 9 heteroatoms. The first-order valence-corrected chi connectivity index (χ1v) is 9.75. The van der Waals surface area contributed by atoms with Gasteiger partial charge in [-0.15, -0.1) is 0 Å². The van der Waals surface area contributed by atoms with Gasteiger partial charge in [-0.05, 0) is 55.5 Å². The van der Waals surface area contributed by atoms with Gasteiger partial charge in [0.1, 0.15) is 11.5 Å². The van der Waals surface area contributed by atoms with Crippen LogP contribution in [0.5, 0.6) is 0 Å². The van der Waals surface area contributed by atoms with Gasteiger partial charge in [0.2, 0.25) is 0 Å². The summed E-state index contributed by atoms with van der Waals surface area (Å²) in [6, 6.07) is 14.4. The molecule has 0 fully saturated rings. The van der Waals surface area contributed by atoms with Crippen LogP contribution < -0.4 is 5.01 Å². The number of hydrazone groups is 1. The van der Waals surface area contributed by atoms with Gasteiger partial charge in [0.25, 0.3) is 5.91 Å². The predicted octanol–water partition coefficient (Wildman–Crippen LogP) is 5.56. The molecule has 168 valence electrons. The number of alkyl halides is 3. The molecule has 0 unspecified atom stereocenters. The summed E-state index contributed by atoms with van der Waals surface area (Å²) in [4.78, 5) is 24.6. The standard InChI is InChI=1S/C24H17F3N2O4/c1-14-20(22(30)29(28-14)18-8-4-7-17(12-18)24(25,26)27)13-19-9-10-21(33-19)15-5-3-6-16(11-15)23(31)32-2/h3-13H,1-2H3/b20-13-. The number of esters is 1. The Morgan fingerprint density at radius 1 is 1.09 bits per heavy atom. The van der Waals surface area contributed by atoms with Crippen LogP contribution in [0.3, 0.4) is 0 Å². The van der Waals surface area contributed by atoms with Gasteiger partial charge in [0.05, 0.1) is 35.2 Å². The van der Waals surface area contributed by atoms with Crippen LogP contribution in [-0.4, -0.2) is 24.7 Å². The summed E-state index contributed by atoms with van der Waals surface area (Å²) in [7, 11) is 1.29. The average Bonchev–Trinajstić information content (AvgIpc) is 3.38. The Morgan fingerprint density at radius 3 is 2.58 bits per heavy atom. The Bertz CT molecular complexity index is 1300. The number of hydrogen-bond acceptors (Lipinski definition) is 5. The predicted molar refractivity (Wildman–Crippen MR) is 115 cm³/mol. The molecule has 0 bridgehead atoms. The quantitative estimate of drug-likeness (QED) is 0.382. The van der Waals surface area contributed by atoms with Gasteiger partial charge < -0.3 is 9.15 Å². The molecule has 0 aliphatic carbocycles.